The first-order valence-electron chi connectivity index (χ1n) is 3.66. The maximum atomic E-state index is 5.02. The van der Waals surface area contributed by atoms with E-state index >= 15 is 0 Å². The summed E-state index contributed by atoms with van der Waals surface area (Å²) in [4.78, 5) is 0. The van der Waals surface area contributed by atoms with E-state index in [4.69, 9.17) is 4.74 Å². The highest BCUT2D eigenvalue weighted by molar-refractivity contribution is 4.70. The molecule has 0 aromatic carbocycles. The molecule has 0 aromatic rings. The topological polar surface area (TPSA) is 21.3 Å². The van der Waals surface area contributed by atoms with Gasteiger partial charge in [0.1, 0.15) is 0 Å². The molecule has 2 heteroatoms. The van der Waals surface area contributed by atoms with E-state index in [-0.39, 0.29) is 0 Å². The average molecular weight is 129 g/mol. The van der Waals surface area contributed by atoms with Crippen LogP contribution in [-0.4, -0.2) is 26.3 Å². The summed E-state index contributed by atoms with van der Waals surface area (Å²) in [6.07, 6.45) is 3.98. The van der Waals surface area contributed by atoms with Crippen LogP contribution in [0.4, 0.5) is 0 Å². The van der Waals surface area contributed by atoms with Gasteiger partial charge in [0.2, 0.25) is 0 Å². The lowest BCUT2D eigenvalue weighted by molar-refractivity contribution is 0.154. The molecule has 1 fully saturated rings. The fourth-order valence-electron chi connectivity index (χ4n) is 1.27. The average Bonchev–Trinajstić information content (AvgIpc) is 1.91. The van der Waals surface area contributed by atoms with Gasteiger partial charge in [-0.05, 0) is 19.4 Å². The molecule has 0 aromatic heterocycles. The molecule has 0 spiro atoms. The van der Waals surface area contributed by atoms with Crippen molar-refractivity contribution in [1.29, 1.82) is 0 Å². The standard InChI is InChI=1S/C7H15NO/c1-9-6-7-4-2-3-5-8-7/h7-8H,2-6H2,1H3/t7-/m0/s1. The van der Waals surface area contributed by atoms with Crippen molar-refractivity contribution in [2.24, 2.45) is 0 Å². The van der Waals surface area contributed by atoms with E-state index in [0.717, 1.165) is 6.61 Å². The van der Waals surface area contributed by atoms with Crippen LogP contribution in [0.2, 0.25) is 0 Å². The van der Waals surface area contributed by atoms with Gasteiger partial charge in [-0.2, -0.15) is 0 Å². The number of piperidine rings is 1. The van der Waals surface area contributed by atoms with Gasteiger partial charge in [0.15, 0.2) is 0 Å². The van der Waals surface area contributed by atoms with Crippen molar-refractivity contribution in [3.63, 3.8) is 0 Å². The highest BCUT2D eigenvalue weighted by atomic mass is 16.5. The van der Waals surface area contributed by atoms with Gasteiger partial charge in [-0.3, -0.25) is 0 Å². The lowest BCUT2D eigenvalue weighted by Gasteiger charge is -2.22. The summed E-state index contributed by atoms with van der Waals surface area (Å²) in [5.41, 5.74) is 0. The van der Waals surface area contributed by atoms with E-state index in [9.17, 15) is 0 Å². The number of methoxy groups -OCH3 is 1. The third kappa shape index (κ3) is 2.33. The van der Waals surface area contributed by atoms with E-state index in [1.807, 2.05) is 0 Å². The molecule has 0 amide bonds. The zero-order chi connectivity index (χ0) is 6.53. The third-order valence-electron chi connectivity index (χ3n) is 1.78. The minimum Gasteiger partial charge on any atom is -0.383 e. The van der Waals surface area contributed by atoms with Gasteiger partial charge in [0.25, 0.3) is 0 Å². The molecule has 9 heavy (non-hydrogen) atoms. The quantitative estimate of drug-likeness (QED) is 0.594. The molecule has 0 bridgehead atoms. The molecular weight excluding hydrogens is 114 g/mol. The molecule has 0 saturated carbocycles. The van der Waals surface area contributed by atoms with Crippen molar-refractivity contribution in [2.45, 2.75) is 25.3 Å². The third-order valence-corrected chi connectivity index (χ3v) is 1.78. The Hall–Kier alpha value is -0.0800. The second kappa shape index (κ2) is 3.85. The van der Waals surface area contributed by atoms with Crippen LogP contribution in [0.25, 0.3) is 0 Å². The van der Waals surface area contributed by atoms with E-state index in [1.165, 1.54) is 25.8 Å². The van der Waals surface area contributed by atoms with Gasteiger partial charge in [-0.15, -0.1) is 0 Å². The molecule has 1 aliphatic heterocycles. The molecule has 1 heterocycles. The fourth-order valence-corrected chi connectivity index (χ4v) is 1.27. The molecule has 1 aliphatic rings. The summed E-state index contributed by atoms with van der Waals surface area (Å²) >= 11 is 0. The monoisotopic (exact) mass is 129 g/mol. The van der Waals surface area contributed by atoms with Gasteiger partial charge in [-0.1, -0.05) is 6.42 Å². The minimum atomic E-state index is 0.628. The molecule has 0 unspecified atom stereocenters. The summed E-state index contributed by atoms with van der Waals surface area (Å²) in [5.74, 6) is 0. The zero-order valence-electron chi connectivity index (χ0n) is 6.02. The Morgan fingerprint density at radius 3 is 3.00 bits per heavy atom. The summed E-state index contributed by atoms with van der Waals surface area (Å²) in [7, 11) is 1.76. The fraction of sp³-hybridized carbons (Fsp3) is 1.00. The molecule has 0 aliphatic carbocycles. The first kappa shape index (κ1) is 7.03. The van der Waals surface area contributed by atoms with Crippen LogP contribution in [0.5, 0.6) is 0 Å². The zero-order valence-corrected chi connectivity index (χ0v) is 6.02. The summed E-state index contributed by atoms with van der Waals surface area (Å²) in [6, 6.07) is 0.628. The van der Waals surface area contributed by atoms with E-state index in [0.29, 0.717) is 6.04 Å². The van der Waals surface area contributed by atoms with E-state index in [1.54, 1.807) is 7.11 Å². The van der Waals surface area contributed by atoms with Gasteiger partial charge >= 0.3 is 0 Å². The maximum absolute atomic E-state index is 5.02. The first-order valence-corrected chi connectivity index (χ1v) is 3.66. The van der Waals surface area contributed by atoms with Crippen molar-refractivity contribution in [3.05, 3.63) is 0 Å². The molecule has 1 rings (SSSR count). The molecule has 54 valence electrons. The number of hydrogen-bond donors (Lipinski definition) is 1. The lowest BCUT2D eigenvalue weighted by atomic mass is 10.1. The second-order valence-corrected chi connectivity index (χ2v) is 2.60. The van der Waals surface area contributed by atoms with Crippen LogP contribution in [0.1, 0.15) is 19.3 Å². The van der Waals surface area contributed by atoms with Gasteiger partial charge in [0.05, 0.1) is 6.61 Å². The summed E-state index contributed by atoms with van der Waals surface area (Å²) in [6.45, 7) is 2.05. The van der Waals surface area contributed by atoms with Crippen LogP contribution in [0.15, 0.2) is 0 Å². The lowest BCUT2D eigenvalue weighted by Crippen LogP contribution is -2.37. The number of hydrogen-bond acceptors (Lipinski definition) is 2. The molecule has 0 radical (unpaired) electrons. The number of ether oxygens (including phenoxy) is 1. The normalized spacial score (nSPS) is 28.3. The SMILES string of the molecule is COC[C@@H]1CCCCN1. The van der Waals surface area contributed by atoms with Gasteiger partial charge < -0.3 is 10.1 Å². The van der Waals surface area contributed by atoms with Crippen molar-refractivity contribution < 1.29 is 4.74 Å². The van der Waals surface area contributed by atoms with Crippen LogP contribution < -0.4 is 5.32 Å². The Bertz CT molecular complexity index is 66.6. The Morgan fingerprint density at radius 2 is 2.44 bits per heavy atom. The Morgan fingerprint density at radius 1 is 1.56 bits per heavy atom. The second-order valence-electron chi connectivity index (χ2n) is 2.60. The summed E-state index contributed by atoms with van der Waals surface area (Å²) in [5, 5.41) is 3.40. The van der Waals surface area contributed by atoms with E-state index in [2.05, 4.69) is 5.32 Å². The van der Waals surface area contributed by atoms with Crippen molar-refractivity contribution >= 4 is 0 Å². The van der Waals surface area contributed by atoms with Crippen molar-refractivity contribution in [3.8, 4) is 0 Å². The first-order chi connectivity index (χ1) is 4.43. The van der Waals surface area contributed by atoms with Crippen LogP contribution in [-0.2, 0) is 4.74 Å². The molecule has 1 atom stereocenters. The summed E-state index contributed by atoms with van der Waals surface area (Å²) < 4.78 is 5.02. The van der Waals surface area contributed by atoms with Gasteiger partial charge in [0, 0.05) is 13.2 Å². The minimum absolute atomic E-state index is 0.628. The predicted octanol–water partition coefficient (Wildman–Crippen LogP) is 0.775. The van der Waals surface area contributed by atoms with Crippen molar-refractivity contribution in [1.82, 2.24) is 5.32 Å². The molecular formula is C7H15NO. The van der Waals surface area contributed by atoms with Crippen molar-refractivity contribution in [2.75, 3.05) is 20.3 Å². The Labute approximate surface area is 56.6 Å². The molecule has 1 saturated heterocycles. The van der Waals surface area contributed by atoms with E-state index < -0.39 is 0 Å². The largest absolute Gasteiger partial charge is 0.383 e. The molecule has 2 nitrogen and oxygen atoms in total. The van der Waals surface area contributed by atoms with Crippen LogP contribution in [0.3, 0.4) is 0 Å². The van der Waals surface area contributed by atoms with Crippen LogP contribution >= 0.6 is 0 Å². The molecule has 1 N–H and O–H groups in total. The van der Waals surface area contributed by atoms with Gasteiger partial charge in [-0.25, -0.2) is 0 Å². The number of nitrogens with one attached hydrogen (secondary N) is 1. The Kier molecular flexibility index (Phi) is 3.01. The number of rotatable bonds is 2. The predicted molar refractivity (Wildman–Crippen MR) is 37.5 cm³/mol. The highest BCUT2D eigenvalue weighted by Crippen LogP contribution is 2.06. The smallest absolute Gasteiger partial charge is 0.0615 e. The Balaban J connectivity index is 2.08. The van der Waals surface area contributed by atoms with Crippen LogP contribution in [0, 0.1) is 0 Å². The maximum Gasteiger partial charge on any atom is 0.0615 e. The highest BCUT2D eigenvalue weighted by Gasteiger charge is 2.10.